The molecule has 0 fully saturated rings. The molecule has 0 radical (unpaired) electrons. The third-order valence-electron chi connectivity index (χ3n) is 3.89. The van der Waals surface area contributed by atoms with E-state index in [2.05, 4.69) is 5.32 Å². The molecule has 1 aromatic heterocycles. The van der Waals surface area contributed by atoms with Crippen molar-refractivity contribution in [1.29, 1.82) is 0 Å². The van der Waals surface area contributed by atoms with E-state index in [1.54, 1.807) is 12.3 Å². The van der Waals surface area contributed by atoms with Crippen LogP contribution < -0.4 is 5.32 Å². The largest absolute Gasteiger partial charge is 0.468 e. The van der Waals surface area contributed by atoms with Gasteiger partial charge in [-0.15, -0.1) is 0 Å². The Bertz CT molecular complexity index is 568. The van der Waals surface area contributed by atoms with Crippen LogP contribution in [0, 0.1) is 5.82 Å². The molecular formula is C16H18FNO2. The highest BCUT2D eigenvalue weighted by Crippen LogP contribution is 2.32. The molecular weight excluding hydrogens is 257 g/mol. The lowest BCUT2D eigenvalue weighted by Crippen LogP contribution is -2.31. The van der Waals surface area contributed by atoms with Crippen LogP contribution in [0.3, 0.4) is 0 Å². The first-order valence-corrected chi connectivity index (χ1v) is 6.96. The van der Waals surface area contributed by atoms with E-state index in [-0.39, 0.29) is 24.5 Å². The molecule has 0 saturated heterocycles. The molecule has 2 atom stereocenters. The first-order chi connectivity index (χ1) is 9.78. The van der Waals surface area contributed by atoms with Gasteiger partial charge in [0.1, 0.15) is 11.6 Å². The fourth-order valence-corrected chi connectivity index (χ4v) is 2.91. The van der Waals surface area contributed by atoms with Gasteiger partial charge >= 0.3 is 0 Å². The van der Waals surface area contributed by atoms with Crippen LogP contribution in [0.25, 0.3) is 0 Å². The molecule has 20 heavy (non-hydrogen) atoms. The normalized spacial score (nSPS) is 19.6. The first-order valence-electron chi connectivity index (χ1n) is 6.96. The summed E-state index contributed by atoms with van der Waals surface area (Å²) in [7, 11) is 0. The Hall–Kier alpha value is -1.65. The van der Waals surface area contributed by atoms with Gasteiger partial charge < -0.3 is 9.52 Å². The van der Waals surface area contributed by atoms with E-state index >= 15 is 0 Å². The summed E-state index contributed by atoms with van der Waals surface area (Å²) in [6.07, 6.45) is 4.51. The second kappa shape index (κ2) is 5.77. The zero-order valence-electron chi connectivity index (χ0n) is 11.2. The number of hydrogen-bond donors (Lipinski definition) is 2. The van der Waals surface area contributed by atoms with Crippen LogP contribution in [0.1, 0.15) is 41.8 Å². The molecule has 3 nitrogen and oxygen atoms in total. The maximum atomic E-state index is 13.3. The van der Waals surface area contributed by atoms with E-state index in [0.717, 1.165) is 36.1 Å². The van der Waals surface area contributed by atoms with E-state index in [4.69, 9.17) is 4.42 Å². The molecule has 3 rings (SSSR count). The van der Waals surface area contributed by atoms with E-state index in [0.29, 0.717) is 0 Å². The Morgan fingerprint density at radius 1 is 1.40 bits per heavy atom. The summed E-state index contributed by atoms with van der Waals surface area (Å²) in [5, 5.41) is 13.0. The summed E-state index contributed by atoms with van der Waals surface area (Å²) in [6.45, 7) is -0.0272. The van der Waals surface area contributed by atoms with E-state index in [1.807, 2.05) is 18.2 Å². The predicted octanol–water partition coefficient (Wildman–Crippen LogP) is 3.12. The van der Waals surface area contributed by atoms with Crippen molar-refractivity contribution in [2.24, 2.45) is 0 Å². The lowest BCUT2D eigenvalue weighted by Gasteiger charge is -2.29. The van der Waals surface area contributed by atoms with E-state index < -0.39 is 0 Å². The molecule has 1 aliphatic carbocycles. The second-order valence-electron chi connectivity index (χ2n) is 5.21. The Labute approximate surface area is 117 Å². The fraction of sp³-hybridized carbons (Fsp3) is 0.375. The number of nitrogens with one attached hydrogen (secondary N) is 1. The molecule has 4 heteroatoms. The molecule has 0 amide bonds. The summed E-state index contributed by atoms with van der Waals surface area (Å²) in [5.41, 5.74) is 2.19. The maximum absolute atomic E-state index is 13.3. The van der Waals surface area contributed by atoms with E-state index in [1.165, 1.54) is 6.07 Å². The Morgan fingerprint density at radius 3 is 3.05 bits per heavy atom. The molecule has 1 heterocycles. The van der Waals surface area contributed by atoms with Crippen molar-refractivity contribution in [2.75, 3.05) is 6.61 Å². The third-order valence-corrected chi connectivity index (χ3v) is 3.89. The highest BCUT2D eigenvalue weighted by molar-refractivity contribution is 5.33. The minimum atomic E-state index is -0.231. The molecule has 0 aliphatic heterocycles. The highest BCUT2D eigenvalue weighted by Gasteiger charge is 2.24. The van der Waals surface area contributed by atoms with Gasteiger partial charge in [-0.25, -0.2) is 4.39 Å². The summed E-state index contributed by atoms with van der Waals surface area (Å²) in [4.78, 5) is 0. The standard InChI is InChI=1S/C16H18FNO2/c17-12-6-7-13-11(9-12)3-1-4-14(13)18-15(10-19)16-5-2-8-20-16/h2,5-9,14-15,18-19H,1,3-4,10H2. The quantitative estimate of drug-likeness (QED) is 0.901. The lowest BCUT2D eigenvalue weighted by atomic mass is 9.87. The zero-order valence-corrected chi connectivity index (χ0v) is 11.2. The second-order valence-corrected chi connectivity index (χ2v) is 5.21. The van der Waals surface area contributed by atoms with Gasteiger partial charge in [-0.3, -0.25) is 5.32 Å². The summed E-state index contributed by atoms with van der Waals surface area (Å²) >= 11 is 0. The molecule has 0 bridgehead atoms. The molecule has 2 N–H and O–H groups in total. The van der Waals surface area contributed by atoms with Gasteiger partial charge in [0.2, 0.25) is 0 Å². The van der Waals surface area contributed by atoms with Crippen molar-refractivity contribution in [2.45, 2.75) is 31.3 Å². The number of aliphatic hydroxyl groups is 1. The van der Waals surface area contributed by atoms with Crippen LogP contribution >= 0.6 is 0 Å². The van der Waals surface area contributed by atoms with Gasteiger partial charge in [0, 0.05) is 6.04 Å². The summed E-state index contributed by atoms with van der Waals surface area (Å²) in [5.74, 6) is 0.538. The van der Waals surface area contributed by atoms with Crippen LogP contribution in [-0.2, 0) is 6.42 Å². The monoisotopic (exact) mass is 275 g/mol. The first kappa shape index (κ1) is 13.3. The average molecular weight is 275 g/mol. The van der Waals surface area contributed by atoms with E-state index in [9.17, 15) is 9.50 Å². The number of hydrogen-bond acceptors (Lipinski definition) is 3. The molecule has 106 valence electrons. The average Bonchev–Trinajstić information content (AvgIpc) is 2.98. The minimum Gasteiger partial charge on any atom is -0.468 e. The topological polar surface area (TPSA) is 45.4 Å². The minimum absolute atomic E-state index is 0.0272. The Morgan fingerprint density at radius 2 is 2.30 bits per heavy atom. The number of fused-ring (bicyclic) bond motifs is 1. The van der Waals surface area contributed by atoms with Gasteiger partial charge in [-0.2, -0.15) is 0 Å². The number of furan rings is 1. The molecule has 0 spiro atoms. The van der Waals surface area contributed by atoms with Crippen molar-refractivity contribution in [1.82, 2.24) is 5.32 Å². The van der Waals surface area contributed by atoms with Gasteiger partial charge in [-0.1, -0.05) is 6.07 Å². The third kappa shape index (κ3) is 2.62. The summed E-state index contributed by atoms with van der Waals surface area (Å²) < 4.78 is 18.7. The van der Waals surface area contributed by atoms with Gasteiger partial charge in [0.05, 0.1) is 18.9 Å². The van der Waals surface area contributed by atoms with Gasteiger partial charge in [0.25, 0.3) is 0 Å². The molecule has 2 aromatic rings. The van der Waals surface area contributed by atoms with Crippen LogP contribution in [0.2, 0.25) is 0 Å². The van der Waals surface area contributed by atoms with Crippen LogP contribution in [0.5, 0.6) is 0 Å². The highest BCUT2D eigenvalue weighted by atomic mass is 19.1. The zero-order chi connectivity index (χ0) is 13.9. The predicted molar refractivity (Wildman–Crippen MR) is 73.7 cm³/mol. The van der Waals surface area contributed by atoms with Crippen LogP contribution in [-0.4, -0.2) is 11.7 Å². The van der Waals surface area contributed by atoms with Crippen molar-refractivity contribution in [3.05, 3.63) is 59.3 Å². The molecule has 2 unspecified atom stereocenters. The fourth-order valence-electron chi connectivity index (χ4n) is 2.91. The maximum Gasteiger partial charge on any atom is 0.123 e. The smallest absolute Gasteiger partial charge is 0.123 e. The number of benzene rings is 1. The van der Waals surface area contributed by atoms with Gasteiger partial charge in [0.15, 0.2) is 0 Å². The van der Waals surface area contributed by atoms with Gasteiger partial charge in [-0.05, 0) is 54.7 Å². The number of aliphatic hydroxyl groups excluding tert-OH is 1. The Balaban J connectivity index is 1.82. The van der Waals surface area contributed by atoms with Crippen molar-refractivity contribution in [3.63, 3.8) is 0 Å². The van der Waals surface area contributed by atoms with Crippen LogP contribution in [0.15, 0.2) is 41.0 Å². The number of halogens is 1. The number of rotatable bonds is 4. The Kier molecular flexibility index (Phi) is 3.85. The van der Waals surface area contributed by atoms with Crippen molar-refractivity contribution >= 4 is 0 Å². The van der Waals surface area contributed by atoms with Crippen molar-refractivity contribution in [3.8, 4) is 0 Å². The van der Waals surface area contributed by atoms with Crippen molar-refractivity contribution < 1.29 is 13.9 Å². The lowest BCUT2D eigenvalue weighted by molar-refractivity contribution is 0.210. The van der Waals surface area contributed by atoms with Crippen LogP contribution in [0.4, 0.5) is 4.39 Å². The number of aryl methyl sites for hydroxylation is 1. The SMILES string of the molecule is OCC(NC1CCCc2cc(F)ccc21)c1ccco1. The summed E-state index contributed by atoms with van der Waals surface area (Å²) in [6, 6.07) is 8.51. The molecule has 1 aromatic carbocycles. The molecule has 0 saturated carbocycles. The molecule has 1 aliphatic rings.